The Morgan fingerprint density at radius 3 is 1.61 bits per heavy atom. The molecule has 3 aromatic heterocycles. The lowest BCUT2D eigenvalue weighted by Gasteiger charge is -2.14. The third-order valence-corrected chi connectivity index (χ3v) is 11.4. The second-order valence-electron chi connectivity index (χ2n) is 15.9. The second kappa shape index (κ2) is 20.0. The first kappa shape index (κ1) is 44.9. The summed E-state index contributed by atoms with van der Waals surface area (Å²) in [5.41, 5.74) is 8.43. The van der Waals surface area contributed by atoms with Crippen molar-refractivity contribution >= 4 is 23.6 Å². The number of fused-ring (bicyclic) bond motifs is 2. The zero-order valence-electron chi connectivity index (χ0n) is 36.1. The Hall–Kier alpha value is -8.66. The standard InChI is InChI=1S/C24H21FN8O2.C24H20FN5O2/c1-13-8-14(2-6-18(13)25)11-26-23(34)20-10-21(28-12-27-20)24(35)29-19-7-4-15-9-16(3-5-17(15)19)22-30-32-33-31-22;1-14-8-16(3-6-19(14)25)12-27-23(31)21-10-22(29-13-28-21)24(32)30-20-7-4-17-9-15(11-26)2-5-18(17)20/h2-3,5-6,8-10,12,19H,4,7,11H2,1H3,(H,26,34)(H,29,35)(H,30,31,32,33);2-3,5-6,8-10,13,20H,4,7,12H2,1H3,(H,27,31)(H,30,32). The van der Waals surface area contributed by atoms with Gasteiger partial charge in [0.1, 0.15) is 47.1 Å². The second-order valence-corrected chi connectivity index (χ2v) is 15.9. The number of carbonyl (C=O) groups excluding carboxylic acids is 4. The zero-order chi connectivity index (χ0) is 47.0. The van der Waals surface area contributed by atoms with Crippen LogP contribution in [0.2, 0.25) is 0 Å². The Bertz CT molecular complexity index is 3070. The molecule has 0 bridgehead atoms. The fourth-order valence-corrected chi connectivity index (χ4v) is 7.88. The van der Waals surface area contributed by atoms with E-state index < -0.39 is 23.6 Å². The number of aryl methyl sites for hydroxylation is 4. The van der Waals surface area contributed by atoms with Crippen LogP contribution in [-0.2, 0) is 25.9 Å². The number of benzene rings is 4. The van der Waals surface area contributed by atoms with E-state index in [2.05, 4.69) is 67.9 Å². The van der Waals surface area contributed by atoms with Crippen LogP contribution in [-0.4, -0.2) is 64.2 Å². The molecule has 2 aliphatic carbocycles. The molecule has 67 heavy (non-hydrogen) atoms. The van der Waals surface area contributed by atoms with E-state index in [0.717, 1.165) is 64.6 Å². The number of nitrogens with one attached hydrogen (secondary N) is 5. The lowest BCUT2D eigenvalue weighted by molar-refractivity contribution is 0.0919. The molecule has 336 valence electrons. The van der Waals surface area contributed by atoms with E-state index in [9.17, 15) is 28.0 Å². The van der Waals surface area contributed by atoms with Crippen LogP contribution >= 0.6 is 0 Å². The quantitative estimate of drug-likeness (QED) is 0.107. The first-order valence-corrected chi connectivity index (χ1v) is 21.1. The number of nitriles is 1. The van der Waals surface area contributed by atoms with Gasteiger partial charge in [-0.1, -0.05) is 42.5 Å². The highest BCUT2D eigenvalue weighted by Crippen LogP contribution is 2.34. The van der Waals surface area contributed by atoms with E-state index in [4.69, 9.17) is 5.26 Å². The molecule has 4 aromatic carbocycles. The van der Waals surface area contributed by atoms with Crippen molar-refractivity contribution < 1.29 is 28.0 Å². The number of aromatic nitrogens is 8. The Kier molecular flexibility index (Phi) is 13.4. The number of hydrogen-bond acceptors (Lipinski definition) is 12. The molecule has 0 saturated carbocycles. The monoisotopic (exact) mass is 901 g/mol. The molecule has 0 saturated heterocycles. The minimum Gasteiger partial charge on any atom is -0.347 e. The fraction of sp³-hybridized carbons (Fsp3) is 0.208. The van der Waals surface area contributed by atoms with Crippen molar-refractivity contribution in [3.63, 3.8) is 0 Å². The maximum atomic E-state index is 13.4. The van der Waals surface area contributed by atoms with E-state index in [1.807, 2.05) is 30.3 Å². The maximum Gasteiger partial charge on any atom is 0.270 e. The third-order valence-electron chi connectivity index (χ3n) is 11.4. The van der Waals surface area contributed by atoms with Crippen molar-refractivity contribution in [3.8, 4) is 17.5 Å². The molecule has 7 aromatic rings. The van der Waals surface area contributed by atoms with Crippen LogP contribution in [0, 0.1) is 36.8 Å². The number of halogens is 2. The summed E-state index contributed by atoms with van der Waals surface area (Å²) in [4.78, 5) is 66.6. The number of hydrogen-bond donors (Lipinski definition) is 5. The topological polar surface area (TPSA) is 246 Å². The molecule has 3 heterocycles. The number of H-pyrrole nitrogens is 1. The molecule has 4 amide bonds. The van der Waals surface area contributed by atoms with E-state index in [1.165, 1.54) is 36.9 Å². The van der Waals surface area contributed by atoms with Gasteiger partial charge < -0.3 is 21.3 Å². The van der Waals surface area contributed by atoms with Gasteiger partial charge in [0.25, 0.3) is 23.6 Å². The average molecular weight is 902 g/mol. The van der Waals surface area contributed by atoms with Gasteiger partial charge in [-0.05, 0) is 120 Å². The van der Waals surface area contributed by atoms with Crippen molar-refractivity contribution in [2.24, 2.45) is 0 Å². The molecule has 2 aliphatic rings. The molecular weight excluding hydrogens is 861 g/mol. The number of rotatable bonds is 11. The van der Waals surface area contributed by atoms with E-state index >= 15 is 0 Å². The summed E-state index contributed by atoms with van der Waals surface area (Å²) in [7, 11) is 0. The molecule has 5 N–H and O–H groups in total. The molecule has 0 aliphatic heterocycles. The van der Waals surface area contributed by atoms with Crippen molar-refractivity contribution in [2.45, 2.75) is 64.7 Å². The van der Waals surface area contributed by atoms with Crippen molar-refractivity contribution in [3.05, 3.63) is 182 Å². The SMILES string of the molecule is Cc1cc(CNC(=O)c2cc(C(=O)NC3CCc4cc(-c5nn[nH]n5)ccc43)ncn2)ccc1F.Cc1cc(CNC(=O)c2cc(C(=O)NC3CCc4cc(C#N)ccc43)ncn2)ccc1F. The highest BCUT2D eigenvalue weighted by atomic mass is 19.1. The Labute approximate surface area is 381 Å². The third kappa shape index (κ3) is 10.7. The maximum absolute atomic E-state index is 13.4. The van der Waals surface area contributed by atoms with Gasteiger partial charge in [0.05, 0.1) is 23.7 Å². The van der Waals surface area contributed by atoms with Gasteiger partial charge in [-0.2, -0.15) is 10.5 Å². The van der Waals surface area contributed by atoms with Crippen LogP contribution in [0.4, 0.5) is 8.78 Å². The lowest BCUT2D eigenvalue weighted by Crippen LogP contribution is -2.29. The Morgan fingerprint density at radius 1 is 0.642 bits per heavy atom. The van der Waals surface area contributed by atoms with Crippen LogP contribution in [0.1, 0.15) is 117 Å². The molecular formula is C48H41F2N13O4. The molecule has 9 rings (SSSR count). The summed E-state index contributed by atoms with van der Waals surface area (Å²) in [5, 5.41) is 34.5. The average Bonchev–Trinajstić information content (AvgIpc) is 4.13. The van der Waals surface area contributed by atoms with Gasteiger partial charge in [0.15, 0.2) is 0 Å². The van der Waals surface area contributed by atoms with Gasteiger partial charge in [-0.15, -0.1) is 10.2 Å². The van der Waals surface area contributed by atoms with Crippen LogP contribution in [0.3, 0.4) is 0 Å². The first-order chi connectivity index (χ1) is 32.4. The van der Waals surface area contributed by atoms with Crippen LogP contribution in [0.15, 0.2) is 97.6 Å². The predicted molar refractivity (Wildman–Crippen MR) is 237 cm³/mol. The summed E-state index contributed by atoms with van der Waals surface area (Å²) in [6, 6.07) is 25.0. The first-order valence-electron chi connectivity index (χ1n) is 21.1. The molecule has 17 nitrogen and oxygen atoms in total. The number of tetrazole rings is 1. The fourth-order valence-electron chi connectivity index (χ4n) is 7.88. The highest BCUT2D eigenvalue weighted by Gasteiger charge is 2.27. The van der Waals surface area contributed by atoms with Crippen LogP contribution in [0.25, 0.3) is 11.4 Å². The number of nitrogens with zero attached hydrogens (tertiary/aromatic N) is 8. The summed E-state index contributed by atoms with van der Waals surface area (Å²) in [6.07, 6.45) is 5.40. The van der Waals surface area contributed by atoms with Gasteiger partial charge >= 0.3 is 0 Å². The Balaban J connectivity index is 0.000000182. The largest absolute Gasteiger partial charge is 0.347 e. The van der Waals surface area contributed by atoms with Crippen LogP contribution in [0.5, 0.6) is 0 Å². The van der Waals surface area contributed by atoms with E-state index in [1.54, 1.807) is 44.2 Å². The van der Waals surface area contributed by atoms with Crippen molar-refractivity contribution in [1.29, 1.82) is 5.26 Å². The molecule has 0 fully saturated rings. The van der Waals surface area contributed by atoms with Crippen molar-refractivity contribution in [1.82, 2.24) is 61.8 Å². The molecule has 19 heteroatoms. The van der Waals surface area contributed by atoms with Crippen LogP contribution < -0.4 is 21.3 Å². The molecule has 0 spiro atoms. The number of amides is 4. The smallest absolute Gasteiger partial charge is 0.270 e. The minimum atomic E-state index is -0.460. The van der Waals surface area contributed by atoms with Crippen molar-refractivity contribution in [2.75, 3.05) is 0 Å². The van der Waals surface area contributed by atoms with Gasteiger partial charge in [0, 0.05) is 30.8 Å². The molecule has 0 radical (unpaired) electrons. The van der Waals surface area contributed by atoms with Gasteiger partial charge in [-0.3, -0.25) is 19.2 Å². The normalized spacial score (nSPS) is 14.4. The lowest BCUT2D eigenvalue weighted by atomic mass is 10.0. The minimum absolute atomic E-state index is 0.0643. The zero-order valence-corrected chi connectivity index (χ0v) is 36.1. The summed E-state index contributed by atoms with van der Waals surface area (Å²) in [6.45, 7) is 3.72. The summed E-state index contributed by atoms with van der Waals surface area (Å²) < 4.78 is 26.8. The summed E-state index contributed by atoms with van der Waals surface area (Å²) >= 11 is 0. The number of aromatic amines is 1. The Morgan fingerprint density at radius 2 is 1.13 bits per heavy atom. The van der Waals surface area contributed by atoms with Gasteiger partial charge in [-0.25, -0.2) is 28.7 Å². The number of carbonyl (C=O) groups is 4. The summed E-state index contributed by atoms with van der Waals surface area (Å²) in [5.74, 6) is -1.80. The molecule has 2 unspecified atom stereocenters. The van der Waals surface area contributed by atoms with E-state index in [0.29, 0.717) is 22.5 Å². The van der Waals surface area contributed by atoms with Gasteiger partial charge in [0.2, 0.25) is 5.82 Å². The highest BCUT2D eigenvalue weighted by molar-refractivity contribution is 5.98. The molecule has 2 atom stereocenters. The van der Waals surface area contributed by atoms with E-state index in [-0.39, 0.29) is 59.6 Å². The predicted octanol–water partition coefficient (Wildman–Crippen LogP) is 5.59.